The minimum Gasteiger partial charge on any atom is -0.493 e. The third-order valence-electron chi connectivity index (χ3n) is 3.97. The summed E-state index contributed by atoms with van der Waals surface area (Å²) in [4.78, 5) is 0. The van der Waals surface area contributed by atoms with Gasteiger partial charge >= 0.3 is 0 Å². The molecule has 2 aromatic carbocycles. The molecule has 2 aromatic rings. The molecular formula is C20H24BrClFNO2. The number of hydrogen-bond acceptors (Lipinski definition) is 3. The average molecular weight is 445 g/mol. The fraction of sp³-hybridized carbons (Fsp3) is 0.400. The van der Waals surface area contributed by atoms with Crippen molar-refractivity contribution in [2.24, 2.45) is 5.92 Å². The van der Waals surface area contributed by atoms with E-state index in [1.54, 1.807) is 13.2 Å². The molecule has 0 aliphatic heterocycles. The molecule has 0 aromatic heterocycles. The summed E-state index contributed by atoms with van der Waals surface area (Å²) in [7, 11) is 1.61. The molecule has 0 saturated carbocycles. The van der Waals surface area contributed by atoms with Crippen molar-refractivity contribution in [3.05, 3.63) is 56.8 Å². The largest absolute Gasteiger partial charge is 0.493 e. The van der Waals surface area contributed by atoms with Crippen LogP contribution < -0.4 is 14.8 Å². The molecule has 142 valence electrons. The Bertz CT molecular complexity index is 740. The van der Waals surface area contributed by atoms with Gasteiger partial charge in [0.25, 0.3) is 0 Å². The van der Waals surface area contributed by atoms with E-state index in [2.05, 4.69) is 35.1 Å². The molecule has 0 bridgehead atoms. The maximum atomic E-state index is 13.2. The molecule has 1 N–H and O–H groups in total. The van der Waals surface area contributed by atoms with Gasteiger partial charge in [0.15, 0.2) is 11.5 Å². The van der Waals surface area contributed by atoms with Crippen molar-refractivity contribution in [1.29, 1.82) is 0 Å². The van der Waals surface area contributed by atoms with Gasteiger partial charge in [0.2, 0.25) is 0 Å². The van der Waals surface area contributed by atoms with Crippen LogP contribution in [0.1, 0.15) is 31.4 Å². The normalized spacial score (nSPS) is 11.0. The van der Waals surface area contributed by atoms with E-state index >= 15 is 0 Å². The SMILES string of the molecule is COc1ccc(Br)c(CNCCC(C)C)c1OCc1ccc(F)cc1Cl. The highest BCUT2D eigenvalue weighted by atomic mass is 79.9. The highest BCUT2D eigenvalue weighted by Gasteiger charge is 2.15. The Hall–Kier alpha value is -1.30. The van der Waals surface area contributed by atoms with Crippen LogP contribution in [0.5, 0.6) is 11.5 Å². The molecule has 0 aliphatic rings. The fourth-order valence-corrected chi connectivity index (χ4v) is 3.13. The smallest absolute Gasteiger partial charge is 0.167 e. The van der Waals surface area contributed by atoms with Crippen molar-refractivity contribution < 1.29 is 13.9 Å². The van der Waals surface area contributed by atoms with E-state index in [0.29, 0.717) is 34.5 Å². The first kappa shape index (κ1) is 21.0. The molecule has 0 heterocycles. The summed E-state index contributed by atoms with van der Waals surface area (Å²) in [5, 5.41) is 3.78. The zero-order valence-corrected chi connectivity index (χ0v) is 17.6. The van der Waals surface area contributed by atoms with Crippen molar-refractivity contribution >= 4 is 27.5 Å². The summed E-state index contributed by atoms with van der Waals surface area (Å²) in [5.41, 5.74) is 1.69. The van der Waals surface area contributed by atoms with E-state index < -0.39 is 0 Å². The lowest BCUT2D eigenvalue weighted by atomic mass is 10.1. The maximum Gasteiger partial charge on any atom is 0.167 e. The van der Waals surface area contributed by atoms with Crippen molar-refractivity contribution in [2.75, 3.05) is 13.7 Å². The zero-order chi connectivity index (χ0) is 19.1. The van der Waals surface area contributed by atoms with Gasteiger partial charge in [-0.25, -0.2) is 4.39 Å². The van der Waals surface area contributed by atoms with E-state index in [9.17, 15) is 4.39 Å². The van der Waals surface area contributed by atoms with E-state index in [-0.39, 0.29) is 12.4 Å². The third-order valence-corrected chi connectivity index (χ3v) is 5.07. The highest BCUT2D eigenvalue weighted by molar-refractivity contribution is 9.10. The molecule has 0 fully saturated rings. The molecule has 0 atom stereocenters. The second kappa shape index (κ2) is 10.1. The molecular weight excluding hydrogens is 421 g/mol. The Balaban J connectivity index is 2.17. The number of benzene rings is 2. The molecule has 26 heavy (non-hydrogen) atoms. The van der Waals surface area contributed by atoms with Crippen LogP contribution >= 0.6 is 27.5 Å². The predicted molar refractivity (Wildman–Crippen MR) is 108 cm³/mol. The van der Waals surface area contributed by atoms with E-state index in [1.165, 1.54) is 12.1 Å². The van der Waals surface area contributed by atoms with E-state index in [1.807, 2.05) is 12.1 Å². The molecule has 0 radical (unpaired) electrons. The van der Waals surface area contributed by atoms with Gasteiger partial charge in [-0.3, -0.25) is 0 Å². The first-order chi connectivity index (χ1) is 12.4. The Morgan fingerprint density at radius 2 is 2.00 bits per heavy atom. The topological polar surface area (TPSA) is 30.5 Å². The van der Waals surface area contributed by atoms with Gasteiger partial charge in [-0.2, -0.15) is 0 Å². The second-order valence-electron chi connectivity index (χ2n) is 6.44. The van der Waals surface area contributed by atoms with Gasteiger partial charge in [-0.15, -0.1) is 0 Å². The molecule has 6 heteroatoms. The molecule has 3 nitrogen and oxygen atoms in total. The maximum absolute atomic E-state index is 13.2. The lowest BCUT2D eigenvalue weighted by Crippen LogP contribution is -2.17. The van der Waals surface area contributed by atoms with Crippen LogP contribution in [0.25, 0.3) is 0 Å². The minimum absolute atomic E-state index is 0.227. The highest BCUT2D eigenvalue weighted by Crippen LogP contribution is 2.37. The van der Waals surface area contributed by atoms with Gasteiger partial charge in [-0.05, 0) is 43.1 Å². The first-order valence-electron chi connectivity index (χ1n) is 8.55. The molecule has 0 saturated heterocycles. The van der Waals surface area contributed by atoms with Crippen LogP contribution in [0.4, 0.5) is 4.39 Å². The van der Waals surface area contributed by atoms with Crippen molar-refractivity contribution in [3.8, 4) is 11.5 Å². The summed E-state index contributed by atoms with van der Waals surface area (Å²) in [6, 6.07) is 8.08. The fourth-order valence-electron chi connectivity index (χ4n) is 2.46. The van der Waals surface area contributed by atoms with Gasteiger partial charge < -0.3 is 14.8 Å². The predicted octanol–water partition coefficient (Wildman–Crippen LogP) is 5.96. The average Bonchev–Trinajstić information content (AvgIpc) is 2.59. The number of ether oxygens (including phenoxy) is 2. The second-order valence-corrected chi connectivity index (χ2v) is 7.70. The van der Waals surface area contributed by atoms with Crippen LogP contribution in [-0.2, 0) is 13.2 Å². The van der Waals surface area contributed by atoms with Gasteiger partial charge in [0.1, 0.15) is 12.4 Å². The number of nitrogens with one attached hydrogen (secondary N) is 1. The molecule has 0 spiro atoms. The number of rotatable bonds is 9. The van der Waals surface area contributed by atoms with Crippen LogP contribution in [0.2, 0.25) is 5.02 Å². The van der Waals surface area contributed by atoms with E-state index in [0.717, 1.165) is 23.0 Å². The summed E-state index contributed by atoms with van der Waals surface area (Å²) in [6.45, 7) is 6.20. The summed E-state index contributed by atoms with van der Waals surface area (Å²) in [5.74, 6) is 1.58. The van der Waals surface area contributed by atoms with Crippen molar-refractivity contribution in [1.82, 2.24) is 5.32 Å². The Labute approximate surface area is 168 Å². The lowest BCUT2D eigenvalue weighted by molar-refractivity contribution is 0.280. The monoisotopic (exact) mass is 443 g/mol. The van der Waals surface area contributed by atoms with Crippen molar-refractivity contribution in [2.45, 2.75) is 33.4 Å². The number of hydrogen-bond donors (Lipinski definition) is 1. The Kier molecular flexibility index (Phi) is 8.19. The van der Waals surface area contributed by atoms with Gasteiger partial charge in [-0.1, -0.05) is 47.4 Å². The molecule has 0 unspecified atom stereocenters. The van der Waals surface area contributed by atoms with Gasteiger partial charge in [0, 0.05) is 22.1 Å². The van der Waals surface area contributed by atoms with Crippen LogP contribution in [-0.4, -0.2) is 13.7 Å². The van der Waals surface area contributed by atoms with Gasteiger partial charge in [0.05, 0.1) is 12.1 Å². The van der Waals surface area contributed by atoms with Crippen molar-refractivity contribution in [3.63, 3.8) is 0 Å². The molecule has 0 amide bonds. The number of methoxy groups -OCH3 is 1. The number of halogens is 3. The standard InChI is InChI=1S/C20H24BrClFNO2/c1-13(2)8-9-24-11-16-17(21)6-7-19(25-3)20(16)26-12-14-4-5-15(23)10-18(14)22/h4-7,10,13,24H,8-9,11-12H2,1-3H3. The third kappa shape index (κ3) is 5.86. The Morgan fingerprint density at radius 3 is 2.65 bits per heavy atom. The molecule has 0 aliphatic carbocycles. The van der Waals surface area contributed by atoms with Crippen LogP contribution in [0, 0.1) is 11.7 Å². The lowest BCUT2D eigenvalue weighted by Gasteiger charge is -2.18. The summed E-state index contributed by atoms with van der Waals surface area (Å²) < 4.78 is 25.6. The Morgan fingerprint density at radius 1 is 1.23 bits per heavy atom. The summed E-state index contributed by atoms with van der Waals surface area (Å²) >= 11 is 9.69. The zero-order valence-electron chi connectivity index (χ0n) is 15.2. The van der Waals surface area contributed by atoms with E-state index in [4.69, 9.17) is 21.1 Å². The molecule has 2 rings (SSSR count). The van der Waals surface area contributed by atoms with Crippen LogP contribution in [0.15, 0.2) is 34.8 Å². The first-order valence-corrected chi connectivity index (χ1v) is 9.72. The minimum atomic E-state index is -0.367. The quantitative estimate of drug-likeness (QED) is 0.484. The van der Waals surface area contributed by atoms with Crippen LogP contribution in [0.3, 0.4) is 0 Å². The summed E-state index contributed by atoms with van der Waals surface area (Å²) in [6.07, 6.45) is 1.10.